The third-order valence-corrected chi connectivity index (χ3v) is 2.77. The van der Waals surface area contributed by atoms with E-state index in [1.54, 1.807) is 6.20 Å². The van der Waals surface area contributed by atoms with Crippen molar-refractivity contribution in [3.8, 4) is 0 Å². The Morgan fingerprint density at radius 3 is 2.85 bits per heavy atom. The van der Waals surface area contributed by atoms with Crippen molar-refractivity contribution in [2.75, 3.05) is 0 Å². The van der Waals surface area contributed by atoms with E-state index in [1.807, 2.05) is 25.1 Å². The first-order valence-corrected chi connectivity index (χ1v) is 4.65. The summed E-state index contributed by atoms with van der Waals surface area (Å²) in [4.78, 5) is 4.24. The van der Waals surface area contributed by atoms with E-state index in [1.165, 1.54) is 0 Å². The van der Waals surface area contributed by atoms with Crippen molar-refractivity contribution in [1.29, 1.82) is 0 Å². The predicted octanol–water partition coefficient (Wildman–Crippen LogP) is 3.85. The molecular weight excluding hydrogens is 205 g/mol. The molecule has 0 saturated heterocycles. The van der Waals surface area contributed by atoms with Gasteiger partial charge in [0.15, 0.2) is 0 Å². The topological polar surface area (TPSA) is 12.9 Å². The Hall–Kier alpha value is -0.790. The number of halogens is 2. The van der Waals surface area contributed by atoms with E-state index in [2.05, 4.69) is 4.98 Å². The molecule has 0 saturated carbocycles. The fraction of sp³-hybridized carbons (Fsp3) is 0.100. The Morgan fingerprint density at radius 1 is 1.31 bits per heavy atom. The van der Waals surface area contributed by atoms with E-state index >= 15 is 0 Å². The van der Waals surface area contributed by atoms with Crippen LogP contribution in [-0.2, 0) is 0 Å². The zero-order valence-electron chi connectivity index (χ0n) is 7.01. The van der Waals surface area contributed by atoms with Crippen LogP contribution in [0.5, 0.6) is 0 Å². The lowest BCUT2D eigenvalue weighted by molar-refractivity contribution is 1.37. The lowest BCUT2D eigenvalue weighted by Crippen LogP contribution is -1.84. The van der Waals surface area contributed by atoms with E-state index in [-0.39, 0.29) is 0 Å². The van der Waals surface area contributed by atoms with Crippen LogP contribution in [-0.4, -0.2) is 4.98 Å². The van der Waals surface area contributed by atoms with E-state index in [4.69, 9.17) is 23.2 Å². The summed E-state index contributed by atoms with van der Waals surface area (Å²) in [6, 6.07) is 5.60. The second kappa shape index (κ2) is 3.17. The Kier molecular flexibility index (Phi) is 2.14. The number of benzene rings is 1. The first kappa shape index (κ1) is 8.79. The van der Waals surface area contributed by atoms with Crippen molar-refractivity contribution in [2.24, 2.45) is 0 Å². The average molecular weight is 212 g/mol. The summed E-state index contributed by atoms with van der Waals surface area (Å²) in [5.41, 5.74) is 1.96. The number of fused-ring (bicyclic) bond motifs is 1. The van der Waals surface area contributed by atoms with Crippen LogP contribution in [0.25, 0.3) is 10.9 Å². The van der Waals surface area contributed by atoms with E-state index < -0.39 is 0 Å². The Morgan fingerprint density at radius 2 is 2.08 bits per heavy atom. The third kappa shape index (κ3) is 1.38. The van der Waals surface area contributed by atoms with Crippen molar-refractivity contribution in [3.05, 3.63) is 40.0 Å². The zero-order chi connectivity index (χ0) is 9.42. The predicted molar refractivity (Wildman–Crippen MR) is 56.5 cm³/mol. The van der Waals surface area contributed by atoms with Crippen molar-refractivity contribution in [3.63, 3.8) is 0 Å². The van der Waals surface area contributed by atoms with Gasteiger partial charge in [0.2, 0.25) is 0 Å². The number of nitrogens with zero attached hydrogens (tertiary/aromatic N) is 1. The number of pyridine rings is 1. The molecule has 0 aliphatic rings. The minimum absolute atomic E-state index is 0.579. The molecule has 0 aliphatic heterocycles. The fourth-order valence-electron chi connectivity index (χ4n) is 1.35. The number of rotatable bonds is 0. The Labute approximate surface area is 86.3 Å². The summed E-state index contributed by atoms with van der Waals surface area (Å²) in [5, 5.41) is 2.07. The van der Waals surface area contributed by atoms with E-state index in [0.717, 1.165) is 16.5 Å². The molecule has 66 valence electrons. The number of aryl methyl sites for hydroxylation is 1. The van der Waals surface area contributed by atoms with Gasteiger partial charge in [0.25, 0.3) is 0 Å². The molecule has 0 aliphatic carbocycles. The normalized spacial score (nSPS) is 10.7. The van der Waals surface area contributed by atoms with Gasteiger partial charge in [-0.05, 0) is 30.7 Å². The van der Waals surface area contributed by atoms with Gasteiger partial charge in [0, 0.05) is 11.6 Å². The highest BCUT2D eigenvalue weighted by atomic mass is 35.5. The SMILES string of the molecule is Cc1cc(Cl)c(Cl)c2cccnc12. The number of aromatic nitrogens is 1. The molecule has 0 N–H and O–H groups in total. The van der Waals surface area contributed by atoms with Crippen LogP contribution in [0.3, 0.4) is 0 Å². The first-order valence-electron chi connectivity index (χ1n) is 3.89. The van der Waals surface area contributed by atoms with Crippen molar-refractivity contribution >= 4 is 34.1 Å². The van der Waals surface area contributed by atoms with Gasteiger partial charge < -0.3 is 0 Å². The monoisotopic (exact) mass is 211 g/mol. The van der Waals surface area contributed by atoms with Gasteiger partial charge in [-0.1, -0.05) is 23.2 Å². The molecular formula is C10H7Cl2N. The van der Waals surface area contributed by atoms with E-state index in [0.29, 0.717) is 10.0 Å². The van der Waals surface area contributed by atoms with Crippen molar-refractivity contribution in [1.82, 2.24) is 4.98 Å². The molecule has 0 atom stereocenters. The second-order valence-electron chi connectivity index (χ2n) is 2.89. The zero-order valence-corrected chi connectivity index (χ0v) is 8.52. The van der Waals surface area contributed by atoms with E-state index in [9.17, 15) is 0 Å². The van der Waals surface area contributed by atoms with Crippen LogP contribution in [0, 0.1) is 6.92 Å². The summed E-state index contributed by atoms with van der Waals surface area (Å²) in [6.07, 6.45) is 1.75. The standard InChI is InChI=1S/C10H7Cl2N/c1-6-5-8(11)9(12)7-3-2-4-13-10(6)7/h2-5H,1H3. The van der Waals surface area contributed by atoms with Crippen LogP contribution in [0.4, 0.5) is 0 Å². The van der Waals surface area contributed by atoms with Crippen molar-refractivity contribution < 1.29 is 0 Å². The molecule has 0 radical (unpaired) electrons. The highest BCUT2D eigenvalue weighted by Crippen LogP contribution is 2.31. The molecule has 0 spiro atoms. The largest absolute Gasteiger partial charge is 0.256 e. The first-order chi connectivity index (χ1) is 6.20. The maximum atomic E-state index is 6.03. The summed E-state index contributed by atoms with van der Waals surface area (Å²) in [6.45, 7) is 1.97. The van der Waals surface area contributed by atoms with Gasteiger partial charge >= 0.3 is 0 Å². The minimum Gasteiger partial charge on any atom is -0.256 e. The molecule has 1 aromatic carbocycles. The Bertz CT molecular complexity index is 466. The summed E-state index contributed by atoms with van der Waals surface area (Å²) in [5.74, 6) is 0. The molecule has 0 fully saturated rings. The van der Waals surface area contributed by atoms with Crippen LogP contribution < -0.4 is 0 Å². The van der Waals surface area contributed by atoms with Gasteiger partial charge in [-0.15, -0.1) is 0 Å². The number of hydrogen-bond acceptors (Lipinski definition) is 1. The average Bonchev–Trinajstić information content (AvgIpc) is 2.15. The molecule has 2 aromatic rings. The van der Waals surface area contributed by atoms with Crippen LogP contribution >= 0.6 is 23.2 Å². The molecule has 0 unspecified atom stereocenters. The maximum absolute atomic E-state index is 6.03. The van der Waals surface area contributed by atoms with Gasteiger partial charge in [0.05, 0.1) is 15.6 Å². The van der Waals surface area contributed by atoms with Gasteiger partial charge in [-0.2, -0.15) is 0 Å². The Balaban J connectivity index is 2.97. The maximum Gasteiger partial charge on any atom is 0.0747 e. The molecule has 2 rings (SSSR count). The van der Waals surface area contributed by atoms with Gasteiger partial charge in [-0.25, -0.2) is 0 Å². The van der Waals surface area contributed by atoms with Crippen LogP contribution in [0.2, 0.25) is 10.0 Å². The summed E-state index contributed by atoms with van der Waals surface area (Å²) < 4.78 is 0. The minimum atomic E-state index is 0.579. The van der Waals surface area contributed by atoms with Gasteiger partial charge in [-0.3, -0.25) is 4.98 Å². The third-order valence-electron chi connectivity index (χ3n) is 1.97. The molecule has 1 nitrogen and oxygen atoms in total. The molecule has 13 heavy (non-hydrogen) atoms. The highest BCUT2D eigenvalue weighted by molar-refractivity contribution is 6.45. The summed E-state index contributed by atoms with van der Waals surface area (Å²) in [7, 11) is 0. The smallest absolute Gasteiger partial charge is 0.0747 e. The van der Waals surface area contributed by atoms with Crippen LogP contribution in [0.1, 0.15) is 5.56 Å². The lowest BCUT2D eigenvalue weighted by atomic mass is 10.1. The molecule has 0 amide bonds. The lowest BCUT2D eigenvalue weighted by Gasteiger charge is -2.04. The molecule has 3 heteroatoms. The summed E-state index contributed by atoms with van der Waals surface area (Å²) >= 11 is 12.0. The molecule has 1 heterocycles. The highest BCUT2D eigenvalue weighted by Gasteiger charge is 2.06. The second-order valence-corrected chi connectivity index (χ2v) is 3.67. The van der Waals surface area contributed by atoms with Crippen LogP contribution in [0.15, 0.2) is 24.4 Å². The quantitative estimate of drug-likeness (QED) is 0.646. The van der Waals surface area contributed by atoms with Crippen molar-refractivity contribution in [2.45, 2.75) is 6.92 Å². The fourth-order valence-corrected chi connectivity index (χ4v) is 1.82. The molecule has 0 bridgehead atoms. The van der Waals surface area contributed by atoms with Gasteiger partial charge in [0.1, 0.15) is 0 Å². The number of hydrogen-bond donors (Lipinski definition) is 0. The molecule has 1 aromatic heterocycles.